The molecule has 1 aliphatic heterocycles. The Hall–Kier alpha value is -2.52. The van der Waals surface area contributed by atoms with Crippen molar-refractivity contribution in [1.29, 1.82) is 0 Å². The van der Waals surface area contributed by atoms with Crippen molar-refractivity contribution in [3.8, 4) is 17.2 Å². The van der Waals surface area contributed by atoms with Crippen molar-refractivity contribution < 1.29 is 18.7 Å². The fraction of sp³-hybridized carbons (Fsp3) is 0.158. The molecule has 2 aromatic carbocycles. The number of anilines is 1. The van der Waals surface area contributed by atoms with Crippen LogP contribution in [-0.2, 0) is 4.79 Å². The average molecular weight is 464 g/mol. The van der Waals surface area contributed by atoms with Crippen molar-refractivity contribution >= 4 is 39.3 Å². The maximum absolute atomic E-state index is 13.5. The van der Waals surface area contributed by atoms with E-state index in [9.17, 15) is 9.18 Å². The van der Waals surface area contributed by atoms with Crippen LogP contribution < -0.4 is 14.8 Å². The molecule has 0 saturated heterocycles. The summed E-state index contributed by atoms with van der Waals surface area (Å²) < 4.78 is 27.0. The van der Waals surface area contributed by atoms with Crippen molar-refractivity contribution in [2.75, 3.05) is 24.3 Å². The number of amides is 1. The summed E-state index contributed by atoms with van der Waals surface area (Å²) in [6, 6.07) is 9.71. The van der Waals surface area contributed by atoms with Crippen molar-refractivity contribution in [3.63, 3.8) is 0 Å². The van der Waals surface area contributed by atoms with Crippen molar-refractivity contribution in [1.82, 2.24) is 9.55 Å². The maximum atomic E-state index is 13.5. The second kappa shape index (κ2) is 8.24. The van der Waals surface area contributed by atoms with Crippen LogP contribution in [0.15, 0.2) is 58.4 Å². The second-order valence-electron chi connectivity index (χ2n) is 5.87. The summed E-state index contributed by atoms with van der Waals surface area (Å²) in [7, 11) is 0. The number of aromatic nitrogens is 2. The van der Waals surface area contributed by atoms with E-state index in [4.69, 9.17) is 9.47 Å². The van der Waals surface area contributed by atoms with E-state index >= 15 is 0 Å². The number of hydrogen-bond donors (Lipinski definition) is 1. The van der Waals surface area contributed by atoms with Crippen molar-refractivity contribution in [2.45, 2.75) is 5.16 Å². The minimum absolute atomic E-state index is 0.146. The summed E-state index contributed by atoms with van der Waals surface area (Å²) in [5.41, 5.74) is 1.25. The summed E-state index contributed by atoms with van der Waals surface area (Å²) in [6.07, 6.45) is 3.34. The van der Waals surface area contributed by atoms with Crippen LogP contribution in [0.3, 0.4) is 0 Å². The van der Waals surface area contributed by atoms with Gasteiger partial charge < -0.3 is 14.8 Å². The molecule has 0 atom stereocenters. The molecule has 144 valence electrons. The van der Waals surface area contributed by atoms with E-state index in [0.29, 0.717) is 45.7 Å². The molecule has 1 amide bonds. The number of fused-ring (bicyclic) bond motifs is 1. The van der Waals surface area contributed by atoms with Gasteiger partial charge in [0.25, 0.3) is 0 Å². The molecule has 9 heteroatoms. The van der Waals surface area contributed by atoms with Crippen LogP contribution in [0.1, 0.15) is 0 Å². The summed E-state index contributed by atoms with van der Waals surface area (Å²) in [4.78, 5) is 16.7. The molecule has 0 fully saturated rings. The summed E-state index contributed by atoms with van der Waals surface area (Å²) in [5, 5.41) is 3.45. The van der Waals surface area contributed by atoms with E-state index in [1.165, 1.54) is 23.9 Å². The highest BCUT2D eigenvalue weighted by Crippen LogP contribution is 2.38. The third kappa shape index (κ3) is 4.15. The number of nitrogens with one attached hydrogen (secondary N) is 1. The van der Waals surface area contributed by atoms with Crippen molar-refractivity contribution in [2.24, 2.45) is 0 Å². The highest BCUT2D eigenvalue weighted by molar-refractivity contribution is 9.10. The van der Waals surface area contributed by atoms with Gasteiger partial charge in [-0.25, -0.2) is 9.37 Å². The molecule has 0 unspecified atom stereocenters. The maximum Gasteiger partial charge on any atom is 0.234 e. The largest absolute Gasteiger partial charge is 0.486 e. The average Bonchev–Trinajstić information content (AvgIpc) is 3.16. The number of thioether (sulfide) groups is 1. The van der Waals surface area contributed by atoms with Gasteiger partial charge in [-0.05, 0) is 34.1 Å². The fourth-order valence-electron chi connectivity index (χ4n) is 2.70. The molecule has 0 aliphatic carbocycles. The second-order valence-corrected chi connectivity index (χ2v) is 7.67. The van der Waals surface area contributed by atoms with Gasteiger partial charge in [0.2, 0.25) is 5.91 Å². The van der Waals surface area contributed by atoms with Gasteiger partial charge in [0.1, 0.15) is 19.0 Å². The van der Waals surface area contributed by atoms with E-state index in [2.05, 4.69) is 26.2 Å². The lowest BCUT2D eigenvalue weighted by Crippen LogP contribution is -2.17. The van der Waals surface area contributed by atoms with Crippen LogP contribution >= 0.6 is 27.7 Å². The first-order valence-electron chi connectivity index (χ1n) is 8.41. The number of carbonyl (C=O) groups excluding carboxylic acids is 1. The molecule has 0 saturated carbocycles. The molecule has 1 aromatic heterocycles. The summed E-state index contributed by atoms with van der Waals surface area (Å²) in [6.45, 7) is 0.973. The number of hydrogen-bond acceptors (Lipinski definition) is 5. The van der Waals surface area contributed by atoms with E-state index in [1.807, 2.05) is 0 Å². The molecular formula is C19H15BrFN3O3S. The zero-order chi connectivity index (χ0) is 19.5. The van der Waals surface area contributed by atoms with E-state index in [-0.39, 0.29) is 17.5 Å². The lowest BCUT2D eigenvalue weighted by atomic mass is 10.2. The monoisotopic (exact) mass is 463 g/mol. The Kier molecular flexibility index (Phi) is 5.54. The number of nitrogens with zero attached hydrogens (tertiary/aromatic N) is 2. The zero-order valence-corrected chi connectivity index (χ0v) is 16.9. The predicted octanol–water partition coefficient (Wildman–Crippen LogP) is 4.28. The molecule has 2 heterocycles. The standard InChI is InChI=1S/C19H15BrFN3O3S/c20-14-9-16-17(27-7-6-26-16)10-15(14)23-18(25)11-28-19-22-4-5-24(19)13-3-1-2-12(21)8-13/h1-5,8-10H,6-7,11H2,(H,23,25). The molecule has 0 radical (unpaired) electrons. The minimum Gasteiger partial charge on any atom is -0.486 e. The van der Waals surface area contributed by atoms with Gasteiger partial charge in [-0.1, -0.05) is 17.8 Å². The summed E-state index contributed by atoms with van der Waals surface area (Å²) in [5.74, 6) is 0.855. The van der Waals surface area contributed by atoms with Crippen LogP contribution in [-0.4, -0.2) is 34.4 Å². The SMILES string of the molecule is O=C(CSc1nccn1-c1cccc(F)c1)Nc1cc2c(cc1Br)OCCO2. The van der Waals surface area contributed by atoms with E-state index in [0.717, 1.165) is 0 Å². The predicted molar refractivity (Wildman–Crippen MR) is 108 cm³/mol. The molecule has 4 rings (SSSR count). The highest BCUT2D eigenvalue weighted by atomic mass is 79.9. The Morgan fingerprint density at radius 1 is 1.25 bits per heavy atom. The molecule has 0 spiro atoms. The Labute approximate surface area is 173 Å². The van der Waals surface area contributed by atoms with Gasteiger partial charge in [0.05, 0.1) is 17.1 Å². The molecule has 1 N–H and O–H groups in total. The van der Waals surface area contributed by atoms with Gasteiger partial charge >= 0.3 is 0 Å². The fourth-order valence-corrected chi connectivity index (χ4v) is 3.89. The molecule has 0 bridgehead atoms. The molecule has 28 heavy (non-hydrogen) atoms. The third-order valence-electron chi connectivity index (χ3n) is 3.93. The van der Waals surface area contributed by atoms with Gasteiger partial charge in [-0.3, -0.25) is 9.36 Å². The normalized spacial score (nSPS) is 12.6. The van der Waals surface area contributed by atoms with Crippen LogP contribution in [0, 0.1) is 5.82 Å². The molecule has 6 nitrogen and oxygen atoms in total. The number of ether oxygens (including phenoxy) is 2. The van der Waals surface area contributed by atoms with Gasteiger partial charge in [-0.2, -0.15) is 0 Å². The highest BCUT2D eigenvalue weighted by Gasteiger charge is 2.17. The summed E-state index contributed by atoms with van der Waals surface area (Å²) >= 11 is 4.70. The van der Waals surface area contributed by atoms with Crippen LogP contribution in [0.2, 0.25) is 0 Å². The van der Waals surface area contributed by atoms with Gasteiger partial charge in [0.15, 0.2) is 16.7 Å². The number of halogens is 2. The zero-order valence-electron chi connectivity index (χ0n) is 14.5. The Morgan fingerprint density at radius 2 is 2.04 bits per heavy atom. The first kappa shape index (κ1) is 18.8. The topological polar surface area (TPSA) is 65.4 Å². The van der Waals surface area contributed by atoms with E-state index < -0.39 is 0 Å². The first-order chi connectivity index (χ1) is 13.6. The Bertz CT molecular complexity index is 1030. The van der Waals surface area contributed by atoms with Crippen LogP contribution in [0.25, 0.3) is 5.69 Å². The van der Waals surface area contributed by atoms with Crippen LogP contribution in [0.4, 0.5) is 10.1 Å². The first-order valence-corrected chi connectivity index (χ1v) is 10.2. The lowest BCUT2D eigenvalue weighted by Gasteiger charge is -2.20. The van der Waals surface area contributed by atoms with Gasteiger partial charge in [0, 0.05) is 29.0 Å². The lowest BCUT2D eigenvalue weighted by molar-refractivity contribution is -0.113. The Morgan fingerprint density at radius 3 is 2.82 bits per heavy atom. The number of rotatable bonds is 5. The number of carbonyl (C=O) groups is 1. The van der Waals surface area contributed by atoms with Crippen molar-refractivity contribution in [3.05, 3.63) is 59.1 Å². The number of benzene rings is 2. The Balaban J connectivity index is 1.43. The smallest absolute Gasteiger partial charge is 0.234 e. The number of imidazole rings is 1. The molecule has 3 aromatic rings. The third-order valence-corrected chi connectivity index (χ3v) is 5.55. The minimum atomic E-state index is -0.330. The molecule has 1 aliphatic rings. The molecular weight excluding hydrogens is 449 g/mol. The quantitative estimate of drug-likeness (QED) is 0.572. The van der Waals surface area contributed by atoms with Crippen LogP contribution in [0.5, 0.6) is 11.5 Å². The van der Waals surface area contributed by atoms with E-state index in [1.54, 1.807) is 41.2 Å². The van der Waals surface area contributed by atoms with Gasteiger partial charge in [-0.15, -0.1) is 0 Å².